The molecule has 1 fully saturated rings. The maximum Gasteiger partial charge on any atom is 0.123 e. The van der Waals surface area contributed by atoms with E-state index < -0.39 is 0 Å². The van der Waals surface area contributed by atoms with Crippen molar-refractivity contribution in [3.63, 3.8) is 0 Å². The van der Waals surface area contributed by atoms with Gasteiger partial charge in [-0.1, -0.05) is 0 Å². The zero-order chi connectivity index (χ0) is 11.1. The van der Waals surface area contributed by atoms with Crippen LogP contribution in [-0.4, -0.2) is 18.1 Å². The van der Waals surface area contributed by atoms with Crippen LogP contribution >= 0.6 is 0 Å². The second-order valence-corrected chi connectivity index (χ2v) is 4.86. The van der Waals surface area contributed by atoms with Crippen LogP contribution in [0.2, 0.25) is 0 Å². The minimum atomic E-state index is -0.194. The fraction of sp³-hybridized carbons (Fsp3) is 0.500. The van der Waals surface area contributed by atoms with Gasteiger partial charge in [0.2, 0.25) is 0 Å². The number of benzene rings is 1. The number of rotatable bonds is 1. The van der Waals surface area contributed by atoms with Gasteiger partial charge in [-0.2, -0.15) is 0 Å². The van der Waals surface area contributed by atoms with Crippen LogP contribution in [-0.2, 0) is 0 Å². The van der Waals surface area contributed by atoms with E-state index in [0.717, 1.165) is 18.7 Å². The highest BCUT2D eigenvalue weighted by molar-refractivity contribution is 5.50. The minimum absolute atomic E-state index is 0.0667. The van der Waals surface area contributed by atoms with Crippen molar-refractivity contribution < 1.29 is 4.39 Å². The summed E-state index contributed by atoms with van der Waals surface area (Å²) in [4.78, 5) is 2.25. The Kier molecular flexibility index (Phi) is 2.43. The summed E-state index contributed by atoms with van der Waals surface area (Å²) in [5.74, 6) is -0.194. The third kappa shape index (κ3) is 1.97. The quantitative estimate of drug-likeness (QED) is 0.766. The summed E-state index contributed by atoms with van der Waals surface area (Å²) in [7, 11) is 0. The molecular weight excluding hydrogens is 191 g/mol. The molecule has 1 unspecified atom stereocenters. The van der Waals surface area contributed by atoms with Crippen LogP contribution in [0.1, 0.15) is 20.3 Å². The van der Waals surface area contributed by atoms with Crippen LogP contribution < -0.4 is 10.6 Å². The van der Waals surface area contributed by atoms with E-state index in [9.17, 15) is 4.39 Å². The number of nitrogens with zero attached hydrogens (tertiary/aromatic N) is 1. The zero-order valence-electron chi connectivity index (χ0n) is 9.20. The molecule has 0 aliphatic carbocycles. The Morgan fingerprint density at radius 3 is 2.40 bits per heavy atom. The minimum Gasteiger partial charge on any atom is -0.365 e. The first-order chi connectivity index (χ1) is 6.99. The Hall–Kier alpha value is -1.09. The Morgan fingerprint density at radius 1 is 1.33 bits per heavy atom. The predicted octanol–water partition coefficient (Wildman–Crippen LogP) is 2.14. The van der Waals surface area contributed by atoms with Gasteiger partial charge in [-0.3, -0.25) is 0 Å². The van der Waals surface area contributed by atoms with E-state index in [1.165, 1.54) is 12.1 Å². The molecule has 1 aromatic rings. The highest BCUT2D eigenvalue weighted by Crippen LogP contribution is 2.32. The largest absolute Gasteiger partial charge is 0.365 e. The molecule has 1 saturated heterocycles. The number of nitrogens with two attached hydrogens (primary N) is 1. The molecule has 1 aliphatic heterocycles. The summed E-state index contributed by atoms with van der Waals surface area (Å²) < 4.78 is 12.8. The molecular formula is C12H17FN2. The van der Waals surface area contributed by atoms with Gasteiger partial charge in [-0.25, -0.2) is 4.39 Å². The van der Waals surface area contributed by atoms with Crippen molar-refractivity contribution in [2.45, 2.75) is 31.8 Å². The molecule has 1 aliphatic rings. The van der Waals surface area contributed by atoms with Gasteiger partial charge in [0.15, 0.2) is 0 Å². The van der Waals surface area contributed by atoms with E-state index in [-0.39, 0.29) is 17.4 Å². The molecule has 0 radical (unpaired) electrons. The molecule has 0 bridgehead atoms. The molecule has 0 saturated carbocycles. The van der Waals surface area contributed by atoms with Crippen molar-refractivity contribution in [1.82, 2.24) is 0 Å². The summed E-state index contributed by atoms with van der Waals surface area (Å²) in [5, 5.41) is 0. The molecule has 1 aromatic carbocycles. The summed E-state index contributed by atoms with van der Waals surface area (Å²) >= 11 is 0. The molecule has 0 amide bonds. The molecule has 0 spiro atoms. The van der Waals surface area contributed by atoms with Crippen molar-refractivity contribution in [3.05, 3.63) is 30.1 Å². The summed E-state index contributed by atoms with van der Waals surface area (Å²) in [6, 6.07) is 6.83. The molecule has 2 rings (SSSR count). The monoisotopic (exact) mass is 208 g/mol. The molecule has 2 N–H and O–H groups in total. The van der Waals surface area contributed by atoms with Gasteiger partial charge in [-0.05, 0) is 44.5 Å². The maximum atomic E-state index is 12.8. The highest BCUT2D eigenvalue weighted by Gasteiger charge is 2.36. The SMILES string of the molecule is CC1(C)CC(N)CN1c1ccc(F)cc1. The average Bonchev–Trinajstić information content (AvgIpc) is 2.41. The van der Waals surface area contributed by atoms with Crippen molar-refractivity contribution in [1.29, 1.82) is 0 Å². The van der Waals surface area contributed by atoms with Crippen LogP contribution in [0.5, 0.6) is 0 Å². The Balaban J connectivity index is 2.27. The summed E-state index contributed by atoms with van der Waals surface area (Å²) in [5.41, 5.74) is 7.07. The third-order valence-electron chi connectivity index (χ3n) is 3.05. The van der Waals surface area contributed by atoms with Crippen LogP contribution in [0.3, 0.4) is 0 Å². The van der Waals surface area contributed by atoms with Gasteiger partial charge < -0.3 is 10.6 Å². The second-order valence-electron chi connectivity index (χ2n) is 4.86. The van der Waals surface area contributed by atoms with Gasteiger partial charge in [0.05, 0.1) is 0 Å². The lowest BCUT2D eigenvalue weighted by atomic mass is 10.0. The normalized spacial score (nSPS) is 24.5. The van der Waals surface area contributed by atoms with Crippen LogP contribution in [0.15, 0.2) is 24.3 Å². The molecule has 0 aromatic heterocycles. The maximum absolute atomic E-state index is 12.8. The Morgan fingerprint density at radius 2 is 1.93 bits per heavy atom. The smallest absolute Gasteiger partial charge is 0.123 e. The lowest BCUT2D eigenvalue weighted by Crippen LogP contribution is -2.38. The first-order valence-corrected chi connectivity index (χ1v) is 5.28. The predicted molar refractivity (Wildman–Crippen MR) is 60.4 cm³/mol. The number of halogens is 1. The first-order valence-electron chi connectivity index (χ1n) is 5.28. The van der Waals surface area contributed by atoms with E-state index in [4.69, 9.17) is 5.73 Å². The lowest BCUT2D eigenvalue weighted by Gasteiger charge is -2.33. The molecule has 1 heterocycles. The van der Waals surface area contributed by atoms with Gasteiger partial charge in [0.1, 0.15) is 5.82 Å². The van der Waals surface area contributed by atoms with E-state index in [1.54, 1.807) is 0 Å². The van der Waals surface area contributed by atoms with Crippen molar-refractivity contribution >= 4 is 5.69 Å². The van der Waals surface area contributed by atoms with E-state index in [1.807, 2.05) is 12.1 Å². The van der Waals surface area contributed by atoms with E-state index >= 15 is 0 Å². The van der Waals surface area contributed by atoms with Crippen LogP contribution in [0.25, 0.3) is 0 Å². The highest BCUT2D eigenvalue weighted by atomic mass is 19.1. The van der Waals surface area contributed by atoms with Crippen molar-refractivity contribution in [2.75, 3.05) is 11.4 Å². The van der Waals surface area contributed by atoms with Crippen LogP contribution in [0.4, 0.5) is 10.1 Å². The van der Waals surface area contributed by atoms with Gasteiger partial charge >= 0.3 is 0 Å². The molecule has 3 heteroatoms. The summed E-state index contributed by atoms with van der Waals surface area (Å²) in [6.45, 7) is 5.19. The second kappa shape index (κ2) is 3.49. The van der Waals surface area contributed by atoms with Crippen molar-refractivity contribution in [2.24, 2.45) is 5.73 Å². The van der Waals surface area contributed by atoms with Crippen molar-refractivity contribution in [3.8, 4) is 0 Å². The molecule has 82 valence electrons. The van der Waals surface area contributed by atoms with Gasteiger partial charge in [0.25, 0.3) is 0 Å². The summed E-state index contributed by atoms with van der Waals surface area (Å²) in [6.07, 6.45) is 0.977. The lowest BCUT2D eigenvalue weighted by molar-refractivity contribution is 0.505. The Labute approximate surface area is 89.9 Å². The first kappa shape index (κ1) is 10.4. The van der Waals surface area contributed by atoms with Crippen LogP contribution in [0, 0.1) is 5.82 Å². The third-order valence-corrected chi connectivity index (χ3v) is 3.05. The number of hydrogen-bond acceptors (Lipinski definition) is 2. The van der Waals surface area contributed by atoms with E-state index in [2.05, 4.69) is 18.7 Å². The Bertz CT molecular complexity index is 345. The zero-order valence-corrected chi connectivity index (χ0v) is 9.20. The average molecular weight is 208 g/mol. The molecule has 2 nitrogen and oxygen atoms in total. The standard InChI is InChI=1S/C12H17FN2/c1-12(2)7-10(14)8-15(12)11-5-3-9(13)4-6-11/h3-6,10H,7-8,14H2,1-2H3. The van der Waals surface area contributed by atoms with Gasteiger partial charge in [0, 0.05) is 23.8 Å². The molecule has 15 heavy (non-hydrogen) atoms. The fourth-order valence-electron chi connectivity index (χ4n) is 2.37. The van der Waals surface area contributed by atoms with E-state index in [0.29, 0.717) is 0 Å². The molecule has 1 atom stereocenters. The number of anilines is 1. The fourth-order valence-corrected chi connectivity index (χ4v) is 2.37. The number of hydrogen-bond donors (Lipinski definition) is 1. The topological polar surface area (TPSA) is 29.3 Å². The van der Waals surface area contributed by atoms with Gasteiger partial charge in [-0.15, -0.1) is 0 Å².